The average Bonchev–Trinajstić information content (AvgIpc) is 3.03. The number of para-hydroxylation sites is 1. The molecule has 21 heavy (non-hydrogen) atoms. The zero-order chi connectivity index (χ0) is 14.5. The third-order valence-electron chi connectivity index (χ3n) is 3.31. The van der Waals surface area contributed by atoms with Gasteiger partial charge in [-0.05, 0) is 12.1 Å². The van der Waals surface area contributed by atoms with Crippen molar-refractivity contribution in [1.29, 1.82) is 0 Å². The van der Waals surface area contributed by atoms with E-state index in [2.05, 4.69) is 20.8 Å². The van der Waals surface area contributed by atoms with Crippen molar-refractivity contribution in [2.24, 2.45) is 0 Å². The van der Waals surface area contributed by atoms with Gasteiger partial charge in [-0.2, -0.15) is 0 Å². The zero-order valence-electron chi connectivity index (χ0n) is 11.5. The van der Waals surface area contributed by atoms with Gasteiger partial charge >= 0.3 is 0 Å². The minimum Gasteiger partial charge on any atom is -0.378 e. The third kappa shape index (κ3) is 3.26. The summed E-state index contributed by atoms with van der Waals surface area (Å²) >= 11 is 0. The molecule has 1 aromatic carbocycles. The summed E-state index contributed by atoms with van der Waals surface area (Å²) in [5.74, 6) is 0.601. The van der Waals surface area contributed by atoms with Crippen LogP contribution >= 0.6 is 0 Å². The van der Waals surface area contributed by atoms with Crippen LogP contribution in [-0.2, 0) is 16.1 Å². The number of aromatic nitrogens is 3. The summed E-state index contributed by atoms with van der Waals surface area (Å²) in [6.45, 7) is 2.06. The largest absolute Gasteiger partial charge is 0.378 e. The van der Waals surface area contributed by atoms with Crippen LogP contribution in [0.25, 0.3) is 5.69 Å². The van der Waals surface area contributed by atoms with Crippen molar-refractivity contribution in [3.63, 3.8) is 0 Å². The van der Waals surface area contributed by atoms with Gasteiger partial charge in [0.25, 0.3) is 0 Å². The number of hydrogen-bond acceptors (Lipinski definition) is 5. The molecule has 0 radical (unpaired) electrons. The molecule has 2 N–H and O–H groups in total. The summed E-state index contributed by atoms with van der Waals surface area (Å²) in [6, 6.07) is 9.47. The molecule has 0 saturated carbocycles. The molecule has 1 atom stereocenters. The van der Waals surface area contributed by atoms with Crippen molar-refractivity contribution in [1.82, 2.24) is 25.4 Å². The standard InChI is InChI=1S/C14H17N5O2/c20-14(12-9-21-7-6-15-12)16-8-13-18-17-10-19(13)11-4-2-1-3-5-11/h1-5,10,12,15H,6-9H2,(H,16,20). The molecule has 1 unspecified atom stereocenters. The summed E-state index contributed by atoms with van der Waals surface area (Å²) in [5.41, 5.74) is 0.964. The highest BCUT2D eigenvalue weighted by Gasteiger charge is 2.21. The number of amides is 1. The van der Waals surface area contributed by atoms with Crippen LogP contribution in [0.15, 0.2) is 36.7 Å². The van der Waals surface area contributed by atoms with Crippen LogP contribution in [0.1, 0.15) is 5.82 Å². The van der Waals surface area contributed by atoms with Gasteiger partial charge in [0.2, 0.25) is 5.91 Å². The van der Waals surface area contributed by atoms with Crippen LogP contribution in [0, 0.1) is 0 Å². The number of rotatable bonds is 4. The van der Waals surface area contributed by atoms with Gasteiger partial charge in [-0.3, -0.25) is 9.36 Å². The molecule has 2 heterocycles. The Labute approximate surface area is 122 Å². The first kappa shape index (κ1) is 13.7. The molecule has 0 aliphatic carbocycles. The number of nitrogens with one attached hydrogen (secondary N) is 2. The number of nitrogens with zero attached hydrogens (tertiary/aromatic N) is 3. The number of benzene rings is 1. The second-order valence-corrected chi connectivity index (χ2v) is 4.75. The molecule has 1 aliphatic heterocycles. The van der Waals surface area contributed by atoms with Crippen LogP contribution in [-0.4, -0.2) is 46.5 Å². The van der Waals surface area contributed by atoms with Gasteiger partial charge in [0.05, 0.1) is 19.8 Å². The van der Waals surface area contributed by atoms with E-state index < -0.39 is 0 Å². The van der Waals surface area contributed by atoms with Crippen molar-refractivity contribution in [3.8, 4) is 5.69 Å². The van der Waals surface area contributed by atoms with Crippen LogP contribution in [0.5, 0.6) is 0 Å². The Morgan fingerprint density at radius 1 is 1.43 bits per heavy atom. The molecular weight excluding hydrogens is 270 g/mol. The maximum atomic E-state index is 12.0. The molecule has 110 valence electrons. The molecule has 1 amide bonds. The molecular formula is C14H17N5O2. The van der Waals surface area contributed by atoms with Gasteiger partial charge in [-0.1, -0.05) is 18.2 Å². The fourth-order valence-corrected chi connectivity index (χ4v) is 2.21. The SMILES string of the molecule is O=C(NCc1nncn1-c1ccccc1)C1COCCN1. The predicted molar refractivity (Wildman–Crippen MR) is 75.8 cm³/mol. The Bertz CT molecular complexity index is 592. The lowest BCUT2D eigenvalue weighted by Gasteiger charge is -2.22. The maximum Gasteiger partial charge on any atom is 0.239 e. The molecule has 7 heteroatoms. The lowest BCUT2D eigenvalue weighted by atomic mass is 10.2. The lowest BCUT2D eigenvalue weighted by molar-refractivity contribution is -0.126. The van der Waals surface area contributed by atoms with E-state index >= 15 is 0 Å². The van der Waals surface area contributed by atoms with Crippen molar-refractivity contribution in [2.45, 2.75) is 12.6 Å². The second-order valence-electron chi connectivity index (χ2n) is 4.75. The summed E-state index contributed by atoms with van der Waals surface area (Å²) in [7, 11) is 0. The van der Waals surface area contributed by atoms with Crippen LogP contribution < -0.4 is 10.6 Å². The van der Waals surface area contributed by atoms with Crippen LogP contribution in [0.3, 0.4) is 0 Å². The Kier molecular flexibility index (Phi) is 4.23. The molecule has 0 bridgehead atoms. The topological polar surface area (TPSA) is 81.1 Å². The van der Waals surface area contributed by atoms with Gasteiger partial charge in [-0.15, -0.1) is 10.2 Å². The van der Waals surface area contributed by atoms with E-state index in [9.17, 15) is 4.79 Å². The van der Waals surface area contributed by atoms with Gasteiger partial charge < -0.3 is 15.4 Å². The van der Waals surface area contributed by atoms with Crippen molar-refractivity contribution >= 4 is 5.91 Å². The van der Waals surface area contributed by atoms with E-state index in [4.69, 9.17) is 4.74 Å². The smallest absolute Gasteiger partial charge is 0.239 e. The quantitative estimate of drug-likeness (QED) is 0.819. The number of carbonyl (C=O) groups excluding carboxylic acids is 1. The van der Waals surface area contributed by atoms with E-state index in [0.717, 1.165) is 5.69 Å². The Balaban J connectivity index is 1.63. The van der Waals surface area contributed by atoms with Crippen LogP contribution in [0.2, 0.25) is 0 Å². The molecule has 7 nitrogen and oxygen atoms in total. The second kappa shape index (κ2) is 6.47. The van der Waals surface area contributed by atoms with Gasteiger partial charge in [0, 0.05) is 12.2 Å². The molecule has 1 saturated heterocycles. The van der Waals surface area contributed by atoms with E-state index in [1.165, 1.54) is 0 Å². The minimum absolute atomic E-state index is 0.0858. The number of carbonyl (C=O) groups is 1. The highest BCUT2D eigenvalue weighted by Crippen LogP contribution is 2.08. The average molecular weight is 287 g/mol. The lowest BCUT2D eigenvalue weighted by Crippen LogP contribution is -2.51. The summed E-state index contributed by atoms with van der Waals surface area (Å²) < 4.78 is 7.13. The van der Waals surface area contributed by atoms with Gasteiger partial charge in [0.1, 0.15) is 12.4 Å². The Morgan fingerprint density at radius 2 is 2.29 bits per heavy atom. The maximum absolute atomic E-state index is 12.0. The van der Waals surface area contributed by atoms with Crippen molar-refractivity contribution < 1.29 is 9.53 Å². The Hall–Kier alpha value is -2.25. The zero-order valence-corrected chi connectivity index (χ0v) is 11.5. The molecule has 3 rings (SSSR count). The number of morpholine rings is 1. The predicted octanol–water partition coefficient (Wildman–Crippen LogP) is -0.128. The molecule has 1 aliphatic rings. The number of hydrogen-bond donors (Lipinski definition) is 2. The summed E-state index contributed by atoms with van der Waals surface area (Å²) in [6.07, 6.45) is 1.64. The highest BCUT2D eigenvalue weighted by molar-refractivity contribution is 5.81. The highest BCUT2D eigenvalue weighted by atomic mass is 16.5. The fraction of sp³-hybridized carbons (Fsp3) is 0.357. The van der Waals surface area contributed by atoms with Crippen molar-refractivity contribution in [3.05, 3.63) is 42.5 Å². The van der Waals surface area contributed by atoms with Gasteiger partial charge in [-0.25, -0.2) is 0 Å². The monoisotopic (exact) mass is 287 g/mol. The first-order valence-corrected chi connectivity index (χ1v) is 6.88. The normalized spacial score (nSPS) is 18.4. The first-order chi connectivity index (χ1) is 10.3. The summed E-state index contributed by atoms with van der Waals surface area (Å²) in [5, 5.41) is 13.9. The molecule has 1 aromatic heterocycles. The van der Waals surface area contributed by atoms with E-state index in [1.54, 1.807) is 6.33 Å². The minimum atomic E-state index is -0.299. The fourth-order valence-electron chi connectivity index (χ4n) is 2.21. The van der Waals surface area contributed by atoms with Crippen molar-refractivity contribution in [2.75, 3.05) is 19.8 Å². The molecule has 0 spiro atoms. The molecule has 2 aromatic rings. The third-order valence-corrected chi connectivity index (χ3v) is 3.31. The van der Waals surface area contributed by atoms with E-state index in [1.807, 2.05) is 34.9 Å². The Morgan fingerprint density at radius 3 is 3.05 bits per heavy atom. The summed E-state index contributed by atoms with van der Waals surface area (Å²) in [4.78, 5) is 12.0. The van der Waals surface area contributed by atoms with Crippen LogP contribution in [0.4, 0.5) is 0 Å². The van der Waals surface area contributed by atoms with E-state index in [0.29, 0.717) is 32.1 Å². The molecule has 1 fully saturated rings. The van der Waals surface area contributed by atoms with Gasteiger partial charge in [0.15, 0.2) is 5.82 Å². The first-order valence-electron chi connectivity index (χ1n) is 6.88. The van der Waals surface area contributed by atoms with E-state index in [-0.39, 0.29) is 11.9 Å². The number of ether oxygens (including phenoxy) is 1.